The molecule has 0 bridgehead atoms. The van der Waals surface area contributed by atoms with Crippen molar-refractivity contribution < 1.29 is 9.53 Å². The van der Waals surface area contributed by atoms with Gasteiger partial charge >= 0.3 is 0 Å². The summed E-state index contributed by atoms with van der Waals surface area (Å²) in [5.41, 5.74) is 1.83. The van der Waals surface area contributed by atoms with E-state index in [9.17, 15) is 4.79 Å². The monoisotopic (exact) mass is 338 g/mol. The third-order valence-corrected chi connectivity index (χ3v) is 4.49. The van der Waals surface area contributed by atoms with E-state index in [0.29, 0.717) is 23.2 Å². The average Bonchev–Trinajstić information content (AvgIpc) is 2.90. The molecule has 1 amide bonds. The second-order valence-electron chi connectivity index (χ2n) is 5.20. The van der Waals surface area contributed by atoms with Crippen molar-refractivity contribution in [1.29, 1.82) is 0 Å². The molecule has 122 valence electrons. The van der Waals surface area contributed by atoms with E-state index < -0.39 is 0 Å². The molecule has 1 fully saturated rings. The van der Waals surface area contributed by atoms with Crippen molar-refractivity contribution in [2.75, 3.05) is 20.3 Å². The van der Waals surface area contributed by atoms with Crippen molar-refractivity contribution in [2.24, 2.45) is 4.99 Å². The van der Waals surface area contributed by atoms with Crippen molar-refractivity contribution in [2.45, 2.75) is 0 Å². The predicted octanol–water partition coefficient (Wildman–Crippen LogP) is 3.94. The van der Waals surface area contributed by atoms with Gasteiger partial charge in [-0.2, -0.15) is 0 Å². The zero-order chi connectivity index (χ0) is 16.8. The molecule has 1 saturated heterocycles. The first kappa shape index (κ1) is 16.5. The minimum absolute atomic E-state index is 0.0319. The summed E-state index contributed by atoms with van der Waals surface area (Å²) < 4.78 is 5.13. The molecule has 2 aromatic carbocycles. The van der Waals surface area contributed by atoms with Gasteiger partial charge in [0.25, 0.3) is 5.91 Å². The quantitative estimate of drug-likeness (QED) is 0.776. The topological polar surface area (TPSA) is 41.9 Å². The maximum absolute atomic E-state index is 12.7. The lowest BCUT2D eigenvalue weighted by molar-refractivity contribution is -0.122. The van der Waals surface area contributed by atoms with Crippen LogP contribution in [0.3, 0.4) is 0 Å². The summed E-state index contributed by atoms with van der Waals surface area (Å²) in [7, 11) is 1.63. The van der Waals surface area contributed by atoms with Crippen LogP contribution in [0.4, 0.5) is 5.69 Å². The Balaban J connectivity index is 1.91. The molecule has 0 unspecified atom stereocenters. The fourth-order valence-electron chi connectivity index (χ4n) is 2.28. The lowest BCUT2D eigenvalue weighted by Gasteiger charge is -2.14. The van der Waals surface area contributed by atoms with Gasteiger partial charge in [-0.15, -0.1) is 0 Å². The van der Waals surface area contributed by atoms with Crippen LogP contribution in [0, 0.1) is 0 Å². The number of nitrogens with zero attached hydrogens (tertiary/aromatic N) is 2. The zero-order valence-corrected chi connectivity index (χ0v) is 14.2. The molecule has 1 heterocycles. The Morgan fingerprint density at radius 2 is 1.75 bits per heavy atom. The number of carbonyl (C=O) groups excluding carboxylic acids is 1. The summed E-state index contributed by atoms with van der Waals surface area (Å²) in [6, 6.07) is 19.5. The van der Waals surface area contributed by atoms with Crippen LogP contribution in [0.2, 0.25) is 0 Å². The molecule has 0 atom stereocenters. The Labute approximate surface area is 145 Å². The molecular formula is C19H18N2O2S. The molecule has 0 aliphatic carbocycles. The van der Waals surface area contributed by atoms with Crippen LogP contribution >= 0.6 is 11.8 Å². The van der Waals surface area contributed by atoms with Gasteiger partial charge in [-0.05, 0) is 35.5 Å². The summed E-state index contributed by atoms with van der Waals surface area (Å²) in [5, 5.41) is 0.686. The Bertz CT molecular complexity index is 757. The molecular weight excluding hydrogens is 320 g/mol. The van der Waals surface area contributed by atoms with Gasteiger partial charge in [-0.3, -0.25) is 9.69 Å². The Hall–Kier alpha value is -2.37. The average molecular weight is 338 g/mol. The summed E-state index contributed by atoms with van der Waals surface area (Å²) in [5.74, 6) is -0.0319. The van der Waals surface area contributed by atoms with Crippen LogP contribution in [-0.2, 0) is 9.53 Å². The van der Waals surface area contributed by atoms with E-state index >= 15 is 0 Å². The molecule has 4 nitrogen and oxygen atoms in total. The summed E-state index contributed by atoms with van der Waals surface area (Å²) in [6.07, 6.45) is 1.90. The molecule has 1 aliphatic heterocycles. The van der Waals surface area contributed by atoms with Gasteiger partial charge in [0.2, 0.25) is 0 Å². The Morgan fingerprint density at radius 3 is 2.42 bits per heavy atom. The lowest BCUT2D eigenvalue weighted by atomic mass is 10.2. The van der Waals surface area contributed by atoms with Crippen molar-refractivity contribution in [3.05, 3.63) is 71.1 Å². The number of amidine groups is 1. The standard InChI is InChI=1S/C19H18N2O2S/c1-23-13-12-21-18(22)17(14-15-8-4-2-5-9-15)24-19(21)20-16-10-6-3-7-11-16/h2-11,14H,12-13H2,1H3/b17-14-,20-19?. The van der Waals surface area contributed by atoms with E-state index in [1.807, 2.05) is 66.7 Å². The van der Waals surface area contributed by atoms with Gasteiger partial charge in [0, 0.05) is 7.11 Å². The van der Waals surface area contributed by atoms with Crippen molar-refractivity contribution in [3.63, 3.8) is 0 Å². The second-order valence-corrected chi connectivity index (χ2v) is 6.21. The number of methoxy groups -OCH3 is 1. The number of ether oxygens (including phenoxy) is 1. The third-order valence-electron chi connectivity index (χ3n) is 3.49. The van der Waals surface area contributed by atoms with Gasteiger partial charge in [0.1, 0.15) is 0 Å². The predicted molar refractivity (Wildman–Crippen MR) is 99.1 cm³/mol. The van der Waals surface area contributed by atoms with E-state index in [1.54, 1.807) is 12.0 Å². The minimum atomic E-state index is -0.0319. The van der Waals surface area contributed by atoms with E-state index in [0.717, 1.165) is 11.3 Å². The number of benzene rings is 2. The molecule has 2 aromatic rings. The van der Waals surface area contributed by atoms with Crippen molar-refractivity contribution in [1.82, 2.24) is 4.90 Å². The number of para-hydroxylation sites is 1. The van der Waals surface area contributed by atoms with Crippen LogP contribution in [0.25, 0.3) is 6.08 Å². The summed E-state index contributed by atoms with van der Waals surface area (Å²) in [4.78, 5) is 19.7. The molecule has 3 rings (SSSR count). The van der Waals surface area contributed by atoms with Gasteiger partial charge in [-0.25, -0.2) is 4.99 Å². The molecule has 24 heavy (non-hydrogen) atoms. The Morgan fingerprint density at radius 1 is 1.08 bits per heavy atom. The first-order chi connectivity index (χ1) is 11.8. The van der Waals surface area contributed by atoms with Crippen LogP contribution in [0.1, 0.15) is 5.56 Å². The number of thioether (sulfide) groups is 1. The smallest absolute Gasteiger partial charge is 0.266 e. The highest BCUT2D eigenvalue weighted by Gasteiger charge is 2.33. The van der Waals surface area contributed by atoms with E-state index in [2.05, 4.69) is 4.99 Å². The van der Waals surface area contributed by atoms with Gasteiger partial charge < -0.3 is 4.74 Å². The maximum atomic E-state index is 12.7. The molecule has 5 heteroatoms. The molecule has 0 aromatic heterocycles. The highest BCUT2D eigenvalue weighted by molar-refractivity contribution is 8.18. The van der Waals surface area contributed by atoms with Crippen molar-refractivity contribution >= 4 is 34.6 Å². The molecule has 0 radical (unpaired) electrons. The van der Waals surface area contributed by atoms with E-state index in [4.69, 9.17) is 4.74 Å². The van der Waals surface area contributed by atoms with Gasteiger partial charge in [-0.1, -0.05) is 48.5 Å². The van der Waals surface area contributed by atoms with E-state index in [-0.39, 0.29) is 5.91 Å². The van der Waals surface area contributed by atoms with Gasteiger partial charge in [0.05, 0.1) is 23.7 Å². The van der Waals surface area contributed by atoms with Gasteiger partial charge in [0.15, 0.2) is 5.17 Å². The molecule has 0 spiro atoms. The minimum Gasteiger partial charge on any atom is -0.383 e. The number of amides is 1. The zero-order valence-electron chi connectivity index (χ0n) is 13.4. The fraction of sp³-hybridized carbons (Fsp3) is 0.158. The number of carbonyl (C=O) groups is 1. The van der Waals surface area contributed by atoms with E-state index in [1.165, 1.54) is 11.8 Å². The first-order valence-corrected chi connectivity index (χ1v) is 8.49. The lowest BCUT2D eigenvalue weighted by Crippen LogP contribution is -2.32. The molecule has 1 aliphatic rings. The summed E-state index contributed by atoms with van der Waals surface area (Å²) >= 11 is 1.40. The summed E-state index contributed by atoms with van der Waals surface area (Å²) in [6.45, 7) is 0.957. The van der Waals surface area contributed by atoms with Crippen LogP contribution in [0.15, 0.2) is 70.6 Å². The second kappa shape index (κ2) is 7.95. The first-order valence-electron chi connectivity index (χ1n) is 7.67. The third kappa shape index (κ3) is 3.93. The van der Waals surface area contributed by atoms with Crippen LogP contribution < -0.4 is 0 Å². The maximum Gasteiger partial charge on any atom is 0.266 e. The van der Waals surface area contributed by atoms with Crippen LogP contribution in [-0.4, -0.2) is 36.2 Å². The number of hydrogen-bond donors (Lipinski definition) is 0. The van der Waals surface area contributed by atoms with Crippen LogP contribution in [0.5, 0.6) is 0 Å². The highest BCUT2D eigenvalue weighted by atomic mass is 32.2. The number of hydrogen-bond acceptors (Lipinski definition) is 4. The molecule has 0 N–H and O–H groups in total. The SMILES string of the molecule is COCCN1C(=O)/C(=C/c2ccccc2)SC1=Nc1ccccc1. The largest absolute Gasteiger partial charge is 0.383 e. The number of aliphatic imine (C=N–C) groups is 1. The number of rotatable bonds is 5. The Kier molecular flexibility index (Phi) is 5.46. The fourth-order valence-corrected chi connectivity index (χ4v) is 3.31. The highest BCUT2D eigenvalue weighted by Crippen LogP contribution is 2.33. The molecule has 0 saturated carbocycles. The van der Waals surface area contributed by atoms with Crippen molar-refractivity contribution in [3.8, 4) is 0 Å². The normalized spacial score (nSPS) is 17.9.